The Balaban J connectivity index is 1.31. The Bertz CT molecular complexity index is 1190. The van der Waals surface area contributed by atoms with Crippen LogP contribution in [0.1, 0.15) is 33.3 Å². The molecule has 0 spiro atoms. The molecular formula is C27H36N6O2. The fraction of sp³-hybridized carbons (Fsp3) is 0.481. The van der Waals surface area contributed by atoms with Crippen LogP contribution in [-0.4, -0.2) is 81.9 Å². The maximum absolute atomic E-state index is 12.3. The number of hydrogen-bond acceptors (Lipinski definition) is 5. The number of nitrogens with zero attached hydrogens (tertiary/aromatic N) is 5. The van der Waals surface area contributed by atoms with Crippen LogP contribution in [0, 0.1) is 0 Å². The minimum Gasteiger partial charge on any atom is -0.382 e. The van der Waals surface area contributed by atoms with Crippen LogP contribution in [-0.2, 0) is 5.60 Å². The van der Waals surface area contributed by atoms with Crippen molar-refractivity contribution in [3.05, 3.63) is 54.4 Å². The lowest BCUT2D eigenvalue weighted by Crippen LogP contribution is -2.61. The van der Waals surface area contributed by atoms with E-state index in [0.29, 0.717) is 32.2 Å². The van der Waals surface area contributed by atoms with Gasteiger partial charge in [0, 0.05) is 69.3 Å². The van der Waals surface area contributed by atoms with E-state index in [9.17, 15) is 9.90 Å². The van der Waals surface area contributed by atoms with Crippen molar-refractivity contribution < 1.29 is 9.90 Å². The highest BCUT2D eigenvalue weighted by atomic mass is 16.3. The summed E-state index contributed by atoms with van der Waals surface area (Å²) in [6.07, 6.45) is 3.89. The van der Waals surface area contributed by atoms with Gasteiger partial charge >= 0.3 is 6.03 Å². The largest absolute Gasteiger partial charge is 0.382 e. The first-order chi connectivity index (χ1) is 16.7. The van der Waals surface area contributed by atoms with Crippen LogP contribution in [0.5, 0.6) is 0 Å². The van der Waals surface area contributed by atoms with Gasteiger partial charge in [0.25, 0.3) is 0 Å². The molecule has 0 unspecified atom stereocenters. The molecule has 8 heteroatoms. The van der Waals surface area contributed by atoms with Gasteiger partial charge in [-0.2, -0.15) is 5.10 Å². The number of urea groups is 1. The number of amides is 2. The zero-order valence-electron chi connectivity index (χ0n) is 21.1. The summed E-state index contributed by atoms with van der Waals surface area (Å²) in [6, 6.07) is 13.1. The van der Waals surface area contributed by atoms with Crippen LogP contribution >= 0.6 is 0 Å². The molecule has 2 amide bonds. The number of anilines is 1. The van der Waals surface area contributed by atoms with E-state index in [1.807, 2.05) is 41.6 Å². The SMILES string of the molecule is CC(C)NC(=O)N1CCN(c2ccnn3cc(-c4ccc(C5(O)CN(C(C)C)C5)cc4)cc23)CC1. The molecule has 0 aliphatic carbocycles. The number of nitrogens with one attached hydrogen (secondary N) is 1. The summed E-state index contributed by atoms with van der Waals surface area (Å²) in [4.78, 5) is 18.8. The maximum atomic E-state index is 12.3. The Morgan fingerprint density at radius 3 is 2.31 bits per heavy atom. The lowest BCUT2D eigenvalue weighted by Gasteiger charge is -2.49. The minimum atomic E-state index is -0.753. The number of piperazine rings is 1. The van der Waals surface area contributed by atoms with Crippen molar-refractivity contribution in [2.24, 2.45) is 0 Å². The van der Waals surface area contributed by atoms with Gasteiger partial charge < -0.3 is 20.2 Å². The number of aliphatic hydroxyl groups is 1. The number of carbonyl (C=O) groups excluding carboxylic acids is 1. The van der Waals surface area contributed by atoms with Crippen LogP contribution in [0.3, 0.4) is 0 Å². The maximum Gasteiger partial charge on any atom is 0.317 e. The van der Waals surface area contributed by atoms with Crippen molar-refractivity contribution in [2.75, 3.05) is 44.2 Å². The van der Waals surface area contributed by atoms with Crippen LogP contribution in [0.25, 0.3) is 16.6 Å². The monoisotopic (exact) mass is 476 g/mol. The summed E-state index contributed by atoms with van der Waals surface area (Å²) in [6.45, 7) is 12.6. The van der Waals surface area contributed by atoms with E-state index in [4.69, 9.17) is 0 Å². The molecule has 2 N–H and O–H groups in total. The summed E-state index contributed by atoms with van der Waals surface area (Å²) in [5.41, 5.74) is 4.60. The Morgan fingerprint density at radius 1 is 1.00 bits per heavy atom. The first kappa shape index (κ1) is 23.6. The molecule has 0 radical (unpaired) electrons. The van der Waals surface area contributed by atoms with E-state index >= 15 is 0 Å². The van der Waals surface area contributed by atoms with Gasteiger partial charge in [-0.15, -0.1) is 0 Å². The number of hydrogen-bond donors (Lipinski definition) is 2. The molecule has 186 valence electrons. The Hall–Kier alpha value is -3.10. The van der Waals surface area contributed by atoms with Crippen LogP contribution in [0.4, 0.5) is 10.5 Å². The van der Waals surface area contributed by atoms with E-state index in [1.165, 1.54) is 0 Å². The Kier molecular flexibility index (Phi) is 6.19. The van der Waals surface area contributed by atoms with Crippen molar-refractivity contribution in [3.63, 3.8) is 0 Å². The predicted octanol–water partition coefficient (Wildman–Crippen LogP) is 3.15. The lowest BCUT2D eigenvalue weighted by molar-refractivity contribution is -0.116. The van der Waals surface area contributed by atoms with Gasteiger partial charge in [-0.3, -0.25) is 4.90 Å². The summed E-state index contributed by atoms with van der Waals surface area (Å²) in [5.74, 6) is 0. The number of aromatic nitrogens is 2. The first-order valence-electron chi connectivity index (χ1n) is 12.6. The summed E-state index contributed by atoms with van der Waals surface area (Å²) >= 11 is 0. The third kappa shape index (κ3) is 4.60. The van der Waals surface area contributed by atoms with Crippen molar-refractivity contribution in [1.82, 2.24) is 24.7 Å². The molecule has 2 aliphatic heterocycles. The van der Waals surface area contributed by atoms with E-state index in [-0.39, 0.29) is 12.1 Å². The van der Waals surface area contributed by atoms with Gasteiger partial charge in [-0.05, 0) is 51.0 Å². The van der Waals surface area contributed by atoms with Gasteiger partial charge in [-0.1, -0.05) is 24.3 Å². The van der Waals surface area contributed by atoms with E-state index in [1.54, 1.807) is 0 Å². The van der Waals surface area contributed by atoms with Gasteiger partial charge in [0.05, 0.1) is 11.2 Å². The van der Waals surface area contributed by atoms with Crippen LogP contribution < -0.4 is 10.2 Å². The van der Waals surface area contributed by atoms with Crippen molar-refractivity contribution in [1.29, 1.82) is 0 Å². The van der Waals surface area contributed by atoms with E-state index in [0.717, 1.165) is 41.0 Å². The quantitative estimate of drug-likeness (QED) is 0.592. The number of benzene rings is 1. The lowest BCUT2D eigenvalue weighted by atomic mass is 9.84. The molecule has 0 saturated carbocycles. The molecular weight excluding hydrogens is 440 g/mol. The highest BCUT2D eigenvalue weighted by Gasteiger charge is 2.43. The van der Waals surface area contributed by atoms with Gasteiger partial charge in [0.1, 0.15) is 5.60 Å². The summed E-state index contributed by atoms with van der Waals surface area (Å²) < 4.78 is 1.93. The minimum absolute atomic E-state index is 0.0106. The van der Waals surface area contributed by atoms with Gasteiger partial charge in [0.15, 0.2) is 0 Å². The summed E-state index contributed by atoms with van der Waals surface area (Å²) in [5, 5.41) is 18.5. The normalized spacial score (nSPS) is 18.4. The second-order valence-electron chi connectivity index (χ2n) is 10.5. The average molecular weight is 477 g/mol. The number of fused-ring (bicyclic) bond motifs is 1. The number of rotatable bonds is 5. The molecule has 0 atom stereocenters. The fourth-order valence-corrected chi connectivity index (χ4v) is 5.06. The standard InChI is InChI=1S/C27H36N6O2/c1-19(2)29-26(34)31-13-11-30(12-14-31)24-9-10-28-33-16-22(15-25(24)33)21-5-7-23(8-6-21)27(35)17-32(18-27)20(3)4/h5-10,15-16,19-20,35H,11-14,17-18H2,1-4H3,(H,29,34). The Morgan fingerprint density at radius 2 is 1.69 bits per heavy atom. The summed E-state index contributed by atoms with van der Waals surface area (Å²) in [7, 11) is 0. The highest BCUT2D eigenvalue weighted by Crippen LogP contribution is 2.35. The highest BCUT2D eigenvalue weighted by molar-refractivity contribution is 5.80. The number of likely N-dealkylation sites (tertiary alicyclic amines) is 1. The van der Waals surface area contributed by atoms with Crippen molar-refractivity contribution >= 4 is 17.2 Å². The molecule has 2 fully saturated rings. The molecule has 8 nitrogen and oxygen atoms in total. The molecule has 0 bridgehead atoms. The average Bonchev–Trinajstić information content (AvgIpc) is 3.26. The van der Waals surface area contributed by atoms with Crippen LogP contribution in [0.2, 0.25) is 0 Å². The molecule has 35 heavy (non-hydrogen) atoms. The number of β-amino-alcohol motifs (C(OH)–C–C–N with tert-alkyl or cyclic N) is 1. The third-order valence-corrected chi connectivity index (χ3v) is 7.22. The van der Waals surface area contributed by atoms with Crippen molar-refractivity contribution in [3.8, 4) is 11.1 Å². The predicted molar refractivity (Wildman–Crippen MR) is 139 cm³/mol. The zero-order chi connectivity index (χ0) is 24.7. The van der Waals surface area contributed by atoms with E-state index < -0.39 is 5.60 Å². The molecule has 2 aromatic heterocycles. The topological polar surface area (TPSA) is 76.4 Å². The fourth-order valence-electron chi connectivity index (χ4n) is 5.06. The molecule has 2 saturated heterocycles. The van der Waals surface area contributed by atoms with Gasteiger partial charge in [0.2, 0.25) is 0 Å². The second-order valence-corrected chi connectivity index (χ2v) is 10.5. The zero-order valence-corrected chi connectivity index (χ0v) is 21.1. The Labute approximate surface area is 207 Å². The van der Waals surface area contributed by atoms with Crippen molar-refractivity contribution in [2.45, 2.75) is 45.4 Å². The smallest absolute Gasteiger partial charge is 0.317 e. The first-order valence-corrected chi connectivity index (χ1v) is 12.6. The van der Waals surface area contributed by atoms with Gasteiger partial charge in [-0.25, -0.2) is 9.31 Å². The second kappa shape index (κ2) is 9.17. The molecule has 2 aliphatic rings. The van der Waals surface area contributed by atoms with Crippen LogP contribution in [0.15, 0.2) is 48.8 Å². The third-order valence-electron chi connectivity index (χ3n) is 7.22. The molecule has 1 aromatic carbocycles. The molecule has 5 rings (SSSR count). The number of carbonyl (C=O) groups is 1. The van der Waals surface area contributed by atoms with E-state index in [2.05, 4.69) is 64.5 Å². The molecule has 4 heterocycles. The molecule has 3 aromatic rings.